The highest BCUT2D eigenvalue weighted by atomic mass is 35.5. The highest BCUT2D eigenvalue weighted by Gasteiger charge is 2.73. The molecule has 96 heavy (non-hydrogen) atoms. The topological polar surface area (TPSA) is 385 Å². The number of carbonyl (C=O) groups excluding carboxylic acids is 3. The van der Waals surface area contributed by atoms with Crippen LogP contribution < -0.4 is 4.74 Å². The third-order valence-electron chi connectivity index (χ3n) is 19.7. The fourth-order valence-electron chi connectivity index (χ4n) is 14.8. The fraction of sp³-hybridized carbons (Fsp3) is 0.855. The Kier molecular flexibility index (Phi) is 22.7. The Balaban J connectivity index is 0.724. The van der Waals surface area contributed by atoms with Crippen LogP contribution in [0.3, 0.4) is 0 Å². The molecule has 31 atom stereocenters. The molecule has 0 radical (unpaired) electrons. The number of phenolic OH excluding ortho intramolecular Hbond substituents is 1. The number of ether oxygens (including phenoxy) is 23. The zero-order valence-electron chi connectivity index (χ0n) is 55.5. The maximum atomic E-state index is 13.6. The number of aliphatic hydroxyl groups excluding tert-OH is 4. The van der Waals surface area contributed by atoms with E-state index in [0.717, 1.165) is 0 Å². The molecule has 11 rings (SSSR count). The van der Waals surface area contributed by atoms with E-state index in [1.54, 1.807) is 34.6 Å². The lowest BCUT2D eigenvalue weighted by Crippen LogP contribution is -2.72. The standard InChI is InChI=1S/C62H90Cl2O32/c1-14-15-16-34(68)85-51-47-33(93-62(94-47)54-53(79-22-80-54)61(73,28(7)65)29(8)92-62)21-78-57(51)90-58-50(77-13)41(70)46(32(84-58)20-74-10)89-56-42(71)49(45(75-11)25(4)83-56)87-36-19-59(9)52(27(6)82-36)95-60(96-59)18-31(67)44(26(5)91-60)86-35-17-30(66)43(24(3)81-35)88-55(72)37-23(2)38(63)40(69)39(64)48(37)76-12/h24-27,29-33,35-36,41-47,49-54,56-58,66-67,69-71,73H,14-22H2,1-13H3. The molecule has 10 fully saturated rings. The molecule has 34 heteroatoms. The quantitative estimate of drug-likeness (QED) is 0.101. The number of hydrogen-bond acceptors (Lipinski definition) is 32. The number of rotatable bonds is 20. The lowest BCUT2D eigenvalue weighted by atomic mass is 9.81. The van der Waals surface area contributed by atoms with E-state index >= 15 is 0 Å². The molecule has 544 valence electrons. The predicted molar refractivity (Wildman–Crippen MR) is 317 cm³/mol. The Hall–Kier alpha value is -2.99. The molecule has 10 saturated heterocycles. The lowest BCUT2D eigenvalue weighted by Gasteiger charge is -2.49. The van der Waals surface area contributed by atoms with E-state index in [4.69, 9.17) is 132 Å². The largest absolute Gasteiger partial charge is 0.505 e. The molecule has 32 nitrogen and oxygen atoms in total. The summed E-state index contributed by atoms with van der Waals surface area (Å²) >= 11 is 12.5. The molecular weight excluding hydrogens is 1330 g/mol. The van der Waals surface area contributed by atoms with Crippen molar-refractivity contribution in [2.45, 2.75) is 290 Å². The van der Waals surface area contributed by atoms with Gasteiger partial charge in [0.05, 0.1) is 74.5 Å². The highest BCUT2D eigenvalue weighted by molar-refractivity contribution is 6.39. The molecule has 0 amide bonds. The zero-order valence-corrected chi connectivity index (χ0v) is 57.0. The molecule has 6 N–H and O–H groups in total. The number of phenols is 1. The van der Waals surface area contributed by atoms with Gasteiger partial charge in [-0.25, -0.2) is 4.79 Å². The number of benzene rings is 1. The average Bonchev–Trinajstić information content (AvgIpc) is 1.54. The molecule has 1 aromatic carbocycles. The van der Waals surface area contributed by atoms with Gasteiger partial charge in [-0.2, -0.15) is 0 Å². The second kappa shape index (κ2) is 29.4. The van der Waals surface area contributed by atoms with Crippen LogP contribution in [0.15, 0.2) is 0 Å². The van der Waals surface area contributed by atoms with Crippen LogP contribution in [0.5, 0.6) is 11.5 Å². The predicted octanol–water partition coefficient (Wildman–Crippen LogP) is 1.59. The van der Waals surface area contributed by atoms with Gasteiger partial charge < -0.3 is 140 Å². The number of carbonyl (C=O) groups is 3. The molecule has 2 spiro atoms. The minimum absolute atomic E-state index is 0.00425. The second-order valence-corrected chi connectivity index (χ2v) is 27.0. The van der Waals surface area contributed by atoms with Crippen LogP contribution in [0.2, 0.25) is 10.0 Å². The highest BCUT2D eigenvalue weighted by Crippen LogP contribution is 2.53. The van der Waals surface area contributed by atoms with Crippen LogP contribution in [0.4, 0.5) is 0 Å². The molecule has 10 aliphatic heterocycles. The summed E-state index contributed by atoms with van der Waals surface area (Å²) in [6.07, 6.45) is -31.5. The van der Waals surface area contributed by atoms with Crippen molar-refractivity contribution >= 4 is 40.9 Å². The van der Waals surface area contributed by atoms with Crippen LogP contribution in [-0.4, -0.2) is 286 Å². The third-order valence-corrected chi connectivity index (χ3v) is 20.5. The van der Waals surface area contributed by atoms with Crippen molar-refractivity contribution in [3.8, 4) is 11.5 Å². The summed E-state index contributed by atoms with van der Waals surface area (Å²) in [4.78, 5) is 39.9. The van der Waals surface area contributed by atoms with E-state index in [2.05, 4.69) is 0 Å². The number of fused-ring (bicyclic) bond motifs is 4. The number of ketones is 1. The molecular formula is C62H90Cl2O32. The number of hydrogen-bond donors (Lipinski definition) is 6. The number of halogens is 2. The van der Waals surface area contributed by atoms with E-state index in [1.807, 2.05) is 6.92 Å². The minimum Gasteiger partial charge on any atom is -0.505 e. The van der Waals surface area contributed by atoms with Crippen molar-refractivity contribution in [1.29, 1.82) is 0 Å². The van der Waals surface area contributed by atoms with Crippen molar-refractivity contribution in [3.63, 3.8) is 0 Å². The molecule has 0 aliphatic carbocycles. The monoisotopic (exact) mass is 1420 g/mol. The number of methoxy groups -OCH3 is 4. The van der Waals surface area contributed by atoms with Gasteiger partial charge in [0, 0.05) is 40.6 Å². The first-order chi connectivity index (χ1) is 45.5. The van der Waals surface area contributed by atoms with Crippen molar-refractivity contribution in [2.75, 3.05) is 48.4 Å². The third kappa shape index (κ3) is 13.7. The fourth-order valence-corrected chi connectivity index (χ4v) is 15.3. The number of aliphatic hydroxyl groups is 5. The first-order valence-electron chi connectivity index (χ1n) is 32.3. The van der Waals surface area contributed by atoms with Gasteiger partial charge in [-0.1, -0.05) is 36.5 Å². The van der Waals surface area contributed by atoms with Crippen LogP contribution >= 0.6 is 23.2 Å². The summed E-state index contributed by atoms with van der Waals surface area (Å²) in [6, 6.07) is 0. The van der Waals surface area contributed by atoms with E-state index in [-0.39, 0.29) is 72.6 Å². The lowest BCUT2D eigenvalue weighted by molar-refractivity contribution is -0.428. The van der Waals surface area contributed by atoms with Gasteiger partial charge >= 0.3 is 17.9 Å². The van der Waals surface area contributed by atoms with Crippen LogP contribution in [0.1, 0.15) is 110 Å². The van der Waals surface area contributed by atoms with Crippen molar-refractivity contribution in [1.82, 2.24) is 0 Å². The van der Waals surface area contributed by atoms with Crippen LogP contribution in [-0.2, 0) is 114 Å². The van der Waals surface area contributed by atoms with Crippen molar-refractivity contribution < 1.29 is 154 Å². The molecule has 31 unspecified atom stereocenters. The minimum atomic E-state index is -2.12. The van der Waals surface area contributed by atoms with Crippen LogP contribution in [0, 0.1) is 6.92 Å². The summed E-state index contributed by atoms with van der Waals surface area (Å²) in [5, 5.41) is 69.1. The Morgan fingerprint density at radius 1 is 0.656 bits per heavy atom. The summed E-state index contributed by atoms with van der Waals surface area (Å²) in [7, 11) is 5.37. The van der Waals surface area contributed by atoms with Crippen LogP contribution in [0.25, 0.3) is 0 Å². The summed E-state index contributed by atoms with van der Waals surface area (Å²) in [6.45, 7) is 13.7. The molecule has 0 aromatic heterocycles. The Labute approximate surface area is 563 Å². The van der Waals surface area contributed by atoms with Gasteiger partial charge in [0.25, 0.3) is 5.97 Å². The van der Waals surface area contributed by atoms with Gasteiger partial charge in [-0.3, -0.25) is 9.59 Å². The van der Waals surface area contributed by atoms with Crippen molar-refractivity contribution in [3.05, 3.63) is 21.2 Å². The van der Waals surface area contributed by atoms with E-state index < -0.39 is 212 Å². The van der Waals surface area contributed by atoms with Gasteiger partial charge in [0.2, 0.25) is 6.29 Å². The van der Waals surface area contributed by atoms with Gasteiger partial charge in [-0.15, -0.1) is 0 Å². The maximum absolute atomic E-state index is 13.6. The SMILES string of the molecule is CCCCC(=O)OC1C(OC2OC(COC)C(OC3OC(C)C(OC)C(OC4CC5(C)OC6(CC(O)C(OC7CC(O)C(OC(=O)c8c(C)c(Cl)c(O)c(Cl)c8OC)C(C)O7)C(C)O6)OC5C(C)O4)C3O)C(O)C2OC)OCC2OC3(OC21)OC(C)C(O)(C(C)=O)C1OCOC13. The zero-order chi connectivity index (χ0) is 69.4. The normalized spacial score (nSPS) is 46.9. The maximum Gasteiger partial charge on any atom is 0.342 e. The molecule has 0 saturated carbocycles. The molecule has 10 aliphatic rings. The Bertz CT molecular complexity index is 2890. The number of Topliss-reactive ketones (excluding diaryl/α,β-unsaturated/α-hetero) is 1. The second-order valence-electron chi connectivity index (χ2n) is 26.2. The molecule has 0 bridgehead atoms. The molecule has 1 aromatic rings. The Morgan fingerprint density at radius 3 is 2.02 bits per heavy atom. The first-order valence-corrected chi connectivity index (χ1v) is 33.1. The van der Waals surface area contributed by atoms with Gasteiger partial charge in [0.1, 0.15) is 96.2 Å². The van der Waals surface area contributed by atoms with E-state index in [9.17, 15) is 45.0 Å². The summed E-state index contributed by atoms with van der Waals surface area (Å²) < 4.78 is 142. The number of unbranched alkanes of at least 4 members (excludes halogenated alkanes) is 1. The summed E-state index contributed by atoms with van der Waals surface area (Å²) in [5.74, 6) is -6.71. The smallest absolute Gasteiger partial charge is 0.342 e. The molecule has 10 heterocycles. The number of aromatic hydroxyl groups is 1. The van der Waals surface area contributed by atoms with Gasteiger partial charge in [0.15, 0.2) is 66.4 Å². The van der Waals surface area contributed by atoms with Crippen molar-refractivity contribution in [2.24, 2.45) is 0 Å². The van der Waals surface area contributed by atoms with E-state index in [1.165, 1.54) is 49.2 Å². The average molecular weight is 1420 g/mol. The van der Waals surface area contributed by atoms with Gasteiger partial charge in [-0.05, 0) is 67.4 Å². The summed E-state index contributed by atoms with van der Waals surface area (Å²) in [5.41, 5.74) is -3.34. The van der Waals surface area contributed by atoms with E-state index in [0.29, 0.717) is 12.8 Å². The number of esters is 2. The Morgan fingerprint density at radius 2 is 1.35 bits per heavy atom. The first kappa shape index (κ1) is 74.2.